The highest BCUT2D eigenvalue weighted by atomic mass is 16.2. The van der Waals surface area contributed by atoms with Gasteiger partial charge < -0.3 is 15.5 Å². The smallest absolute Gasteiger partial charge is 0.239 e. The minimum Gasteiger partial charge on any atom is -0.352 e. The van der Waals surface area contributed by atoms with E-state index in [0.717, 1.165) is 49.9 Å². The largest absolute Gasteiger partial charge is 0.352 e. The average molecular weight is 392 g/mol. The van der Waals surface area contributed by atoms with Gasteiger partial charge in [-0.2, -0.15) is 0 Å². The van der Waals surface area contributed by atoms with Crippen molar-refractivity contribution in [3.05, 3.63) is 71.8 Å². The van der Waals surface area contributed by atoms with Crippen LogP contribution in [-0.4, -0.2) is 48.9 Å². The zero-order valence-corrected chi connectivity index (χ0v) is 16.8. The monoisotopic (exact) mass is 391 g/mol. The Bertz CT molecular complexity index is 792. The van der Waals surface area contributed by atoms with E-state index in [1.54, 1.807) is 4.90 Å². The van der Waals surface area contributed by atoms with Gasteiger partial charge in [0.1, 0.15) is 0 Å². The van der Waals surface area contributed by atoms with E-state index in [0.29, 0.717) is 6.54 Å². The maximum absolute atomic E-state index is 13.8. The van der Waals surface area contributed by atoms with Crippen LogP contribution in [0.15, 0.2) is 60.7 Å². The van der Waals surface area contributed by atoms with Crippen molar-refractivity contribution in [1.82, 2.24) is 15.5 Å². The SMILES string of the molecule is O=C(CN1CCCC(c2ccccc2)(c2ccccc2)C1=O)NC1CCNCC1. The normalized spacial score (nSPS) is 19.7. The molecule has 5 heteroatoms. The third-order valence-electron chi connectivity index (χ3n) is 6.20. The van der Waals surface area contributed by atoms with Gasteiger partial charge in [-0.25, -0.2) is 0 Å². The Balaban J connectivity index is 1.58. The van der Waals surface area contributed by atoms with Crippen LogP contribution < -0.4 is 10.6 Å². The maximum Gasteiger partial charge on any atom is 0.239 e. The first kappa shape index (κ1) is 19.6. The summed E-state index contributed by atoms with van der Waals surface area (Å²) in [6.07, 6.45) is 3.51. The number of carbonyl (C=O) groups excluding carboxylic acids is 2. The Morgan fingerprint density at radius 2 is 1.59 bits per heavy atom. The number of benzene rings is 2. The summed E-state index contributed by atoms with van der Waals surface area (Å²) in [5.41, 5.74) is 1.27. The molecule has 0 saturated carbocycles. The van der Waals surface area contributed by atoms with Crippen LogP contribution in [0.1, 0.15) is 36.8 Å². The van der Waals surface area contributed by atoms with Gasteiger partial charge in [-0.15, -0.1) is 0 Å². The fourth-order valence-electron chi connectivity index (χ4n) is 4.72. The van der Waals surface area contributed by atoms with E-state index in [1.807, 2.05) is 60.7 Å². The number of nitrogens with one attached hydrogen (secondary N) is 2. The standard InChI is InChI=1S/C24H29N3O2/c28-22(26-21-12-15-25-16-13-21)18-27-17-7-14-24(23(27)29,19-8-3-1-4-9-19)20-10-5-2-6-11-20/h1-6,8-11,21,25H,7,12-18H2,(H,26,28). The summed E-state index contributed by atoms with van der Waals surface area (Å²) < 4.78 is 0. The third-order valence-corrected chi connectivity index (χ3v) is 6.20. The quantitative estimate of drug-likeness (QED) is 0.823. The predicted molar refractivity (Wildman–Crippen MR) is 114 cm³/mol. The van der Waals surface area contributed by atoms with Crippen molar-refractivity contribution in [2.24, 2.45) is 0 Å². The molecule has 5 nitrogen and oxygen atoms in total. The summed E-state index contributed by atoms with van der Waals surface area (Å²) in [6.45, 7) is 2.61. The number of hydrogen-bond donors (Lipinski definition) is 2. The van der Waals surface area contributed by atoms with Crippen LogP contribution in [0.25, 0.3) is 0 Å². The molecule has 4 rings (SSSR count). The molecular formula is C24H29N3O2. The summed E-state index contributed by atoms with van der Waals surface area (Å²) in [7, 11) is 0. The highest BCUT2D eigenvalue weighted by molar-refractivity contribution is 5.95. The number of likely N-dealkylation sites (tertiary alicyclic amines) is 1. The van der Waals surface area contributed by atoms with Crippen molar-refractivity contribution >= 4 is 11.8 Å². The summed E-state index contributed by atoms with van der Waals surface area (Å²) in [4.78, 5) is 28.2. The van der Waals surface area contributed by atoms with Gasteiger partial charge in [-0.3, -0.25) is 9.59 Å². The van der Waals surface area contributed by atoms with E-state index in [2.05, 4.69) is 10.6 Å². The Morgan fingerprint density at radius 3 is 2.17 bits per heavy atom. The molecule has 0 aliphatic carbocycles. The predicted octanol–water partition coefficient (Wildman–Crippen LogP) is 2.46. The molecule has 0 radical (unpaired) electrons. The molecule has 2 N–H and O–H groups in total. The van der Waals surface area contributed by atoms with Crippen molar-refractivity contribution in [2.45, 2.75) is 37.1 Å². The Labute approximate surface area is 172 Å². The lowest BCUT2D eigenvalue weighted by Gasteiger charge is -2.42. The molecule has 2 aliphatic rings. The van der Waals surface area contributed by atoms with Crippen molar-refractivity contribution in [3.8, 4) is 0 Å². The van der Waals surface area contributed by atoms with E-state index < -0.39 is 5.41 Å². The van der Waals surface area contributed by atoms with E-state index in [4.69, 9.17) is 0 Å². The van der Waals surface area contributed by atoms with Gasteiger partial charge >= 0.3 is 0 Å². The summed E-state index contributed by atoms with van der Waals surface area (Å²) in [5, 5.41) is 6.43. The minimum atomic E-state index is -0.726. The number of rotatable bonds is 5. The van der Waals surface area contributed by atoms with Crippen LogP contribution in [0.3, 0.4) is 0 Å². The second-order valence-electron chi connectivity index (χ2n) is 8.06. The first-order valence-corrected chi connectivity index (χ1v) is 10.6. The Hall–Kier alpha value is -2.66. The van der Waals surface area contributed by atoms with Crippen LogP contribution in [0.2, 0.25) is 0 Å². The Morgan fingerprint density at radius 1 is 1.00 bits per heavy atom. The molecule has 2 saturated heterocycles. The molecule has 2 aliphatic heterocycles. The fourth-order valence-corrected chi connectivity index (χ4v) is 4.72. The molecule has 2 amide bonds. The van der Waals surface area contributed by atoms with Gasteiger partial charge in [0.2, 0.25) is 11.8 Å². The minimum absolute atomic E-state index is 0.0293. The molecule has 0 spiro atoms. The third kappa shape index (κ3) is 4.06. The van der Waals surface area contributed by atoms with Crippen molar-refractivity contribution in [1.29, 1.82) is 0 Å². The van der Waals surface area contributed by atoms with Gasteiger partial charge in [-0.1, -0.05) is 60.7 Å². The average Bonchev–Trinajstić information content (AvgIpc) is 2.77. The second kappa shape index (κ2) is 8.78. The molecule has 2 heterocycles. The number of carbonyl (C=O) groups is 2. The van der Waals surface area contributed by atoms with Gasteiger partial charge in [0.05, 0.1) is 12.0 Å². The van der Waals surface area contributed by atoms with Crippen LogP contribution >= 0.6 is 0 Å². The topological polar surface area (TPSA) is 61.4 Å². The van der Waals surface area contributed by atoms with Crippen molar-refractivity contribution in [3.63, 3.8) is 0 Å². The van der Waals surface area contributed by atoms with Crippen molar-refractivity contribution in [2.75, 3.05) is 26.2 Å². The molecule has 2 aromatic rings. The summed E-state index contributed by atoms with van der Waals surface area (Å²) in [5.74, 6) is -0.0243. The first-order valence-electron chi connectivity index (χ1n) is 10.6. The molecule has 0 unspecified atom stereocenters. The van der Waals surface area contributed by atoms with Gasteiger partial charge in [0.25, 0.3) is 0 Å². The van der Waals surface area contributed by atoms with Gasteiger partial charge in [0, 0.05) is 12.6 Å². The van der Waals surface area contributed by atoms with Crippen LogP contribution in [0.4, 0.5) is 0 Å². The lowest BCUT2D eigenvalue weighted by atomic mass is 9.68. The lowest BCUT2D eigenvalue weighted by molar-refractivity contribution is -0.142. The highest BCUT2D eigenvalue weighted by Crippen LogP contribution is 2.41. The molecule has 0 atom stereocenters. The van der Waals surface area contributed by atoms with Crippen LogP contribution in [0.5, 0.6) is 0 Å². The lowest BCUT2D eigenvalue weighted by Crippen LogP contribution is -2.55. The maximum atomic E-state index is 13.8. The number of hydrogen-bond acceptors (Lipinski definition) is 3. The van der Waals surface area contributed by atoms with Gasteiger partial charge in [-0.05, 0) is 49.9 Å². The number of amides is 2. The molecule has 152 valence electrons. The molecular weight excluding hydrogens is 362 g/mol. The number of piperidine rings is 2. The van der Waals surface area contributed by atoms with E-state index in [9.17, 15) is 9.59 Å². The van der Waals surface area contributed by atoms with Crippen molar-refractivity contribution < 1.29 is 9.59 Å². The summed E-state index contributed by atoms with van der Waals surface area (Å²) >= 11 is 0. The zero-order chi connectivity index (χ0) is 20.1. The van der Waals surface area contributed by atoms with Crippen LogP contribution in [0, 0.1) is 0 Å². The highest BCUT2D eigenvalue weighted by Gasteiger charge is 2.46. The number of nitrogens with zero attached hydrogens (tertiary/aromatic N) is 1. The van der Waals surface area contributed by atoms with Crippen LogP contribution in [-0.2, 0) is 15.0 Å². The second-order valence-corrected chi connectivity index (χ2v) is 8.06. The van der Waals surface area contributed by atoms with E-state index in [1.165, 1.54) is 0 Å². The molecule has 0 aromatic heterocycles. The molecule has 0 bridgehead atoms. The zero-order valence-electron chi connectivity index (χ0n) is 16.8. The fraction of sp³-hybridized carbons (Fsp3) is 0.417. The molecule has 2 aromatic carbocycles. The summed E-state index contributed by atoms with van der Waals surface area (Å²) in [6, 6.07) is 20.2. The first-order chi connectivity index (χ1) is 14.2. The Kier molecular flexibility index (Phi) is 5.95. The molecule has 2 fully saturated rings. The van der Waals surface area contributed by atoms with E-state index >= 15 is 0 Å². The van der Waals surface area contributed by atoms with Gasteiger partial charge in [0.15, 0.2) is 0 Å². The van der Waals surface area contributed by atoms with E-state index in [-0.39, 0.29) is 24.4 Å². The molecule has 29 heavy (non-hydrogen) atoms.